The SMILES string of the molecule is C=C(CC)COc1c(F)cc(CC(C)N)cc1F. The van der Waals surface area contributed by atoms with Gasteiger partial charge in [0, 0.05) is 6.04 Å². The molecular weight excluding hydrogens is 236 g/mol. The van der Waals surface area contributed by atoms with Gasteiger partial charge in [0.05, 0.1) is 0 Å². The van der Waals surface area contributed by atoms with Crippen LogP contribution in [-0.2, 0) is 6.42 Å². The molecule has 0 fully saturated rings. The van der Waals surface area contributed by atoms with Crippen molar-refractivity contribution in [2.45, 2.75) is 32.7 Å². The van der Waals surface area contributed by atoms with Gasteiger partial charge in [-0.25, -0.2) is 8.78 Å². The topological polar surface area (TPSA) is 35.2 Å². The van der Waals surface area contributed by atoms with E-state index in [1.807, 2.05) is 6.92 Å². The quantitative estimate of drug-likeness (QED) is 0.792. The van der Waals surface area contributed by atoms with E-state index >= 15 is 0 Å². The van der Waals surface area contributed by atoms with Crippen LogP contribution in [0.1, 0.15) is 25.8 Å². The summed E-state index contributed by atoms with van der Waals surface area (Å²) in [5.41, 5.74) is 6.91. The number of hydrogen-bond donors (Lipinski definition) is 1. The van der Waals surface area contributed by atoms with Crippen molar-refractivity contribution in [3.8, 4) is 5.75 Å². The summed E-state index contributed by atoms with van der Waals surface area (Å²) in [6, 6.07) is 2.38. The van der Waals surface area contributed by atoms with Crippen LogP contribution in [0.5, 0.6) is 5.75 Å². The lowest BCUT2D eigenvalue weighted by Gasteiger charge is -2.11. The number of nitrogens with two attached hydrogens (primary N) is 1. The molecule has 0 saturated heterocycles. The molecule has 2 nitrogen and oxygen atoms in total. The van der Waals surface area contributed by atoms with Crippen molar-refractivity contribution in [2.24, 2.45) is 5.73 Å². The second-order valence-corrected chi connectivity index (χ2v) is 4.46. The van der Waals surface area contributed by atoms with Gasteiger partial charge >= 0.3 is 0 Å². The lowest BCUT2D eigenvalue weighted by molar-refractivity contribution is 0.310. The monoisotopic (exact) mass is 255 g/mol. The molecule has 2 N–H and O–H groups in total. The largest absolute Gasteiger partial charge is 0.483 e. The van der Waals surface area contributed by atoms with Gasteiger partial charge in [0.2, 0.25) is 0 Å². The molecule has 0 aliphatic carbocycles. The van der Waals surface area contributed by atoms with Crippen molar-refractivity contribution in [2.75, 3.05) is 6.61 Å². The normalized spacial score (nSPS) is 12.3. The van der Waals surface area contributed by atoms with Crippen LogP contribution in [-0.4, -0.2) is 12.6 Å². The third kappa shape index (κ3) is 4.11. The van der Waals surface area contributed by atoms with E-state index in [-0.39, 0.29) is 18.4 Å². The Labute approximate surface area is 106 Å². The van der Waals surface area contributed by atoms with E-state index < -0.39 is 11.6 Å². The van der Waals surface area contributed by atoms with Crippen molar-refractivity contribution < 1.29 is 13.5 Å². The molecule has 1 atom stereocenters. The molecule has 0 radical (unpaired) electrons. The minimum Gasteiger partial charge on any atom is -0.483 e. The van der Waals surface area contributed by atoms with Crippen LogP contribution in [0.3, 0.4) is 0 Å². The molecule has 0 bridgehead atoms. The number of benzene rings is 1. The molecule has 1 aromatic carbocycles. The van der Waals surface area contributed by atoms with Gasteiger partial charge in [-0.1, -0.05) is 13.5 Å². The number of hydrogen-bond acceptors (Lipinski definition) is 2. The van der Waals surface area contributed by atoms with E-state index in [1.165, 1.54) is 12.1 Å². The number of halogens is 2. The fourth-order valence-corrected chi connectivity index (χ4v) is 1.52. The van der Waals surface area contributed by atoms with Gasteiger partial charge in [0.25, 0.3) is 0 Å². The predicted molar refractivity (Wildman–Crippen MR) is 68.6 cm³/mol. The maximum atomic E-state index is 13.7. The van der Waals surface area contributed by atoms with E-state index in [4.69, 9.17) is 10.5 Å². The molecule has 100 valence electrons. The Bertz CT molecular complexity index is 407. The third-order valence-electron chi connectivity index (χ3n) is 2.54. The van der Waals surface area contributed by atoms with Gasteiger partial charge in [0.1, 0.15) is 6.61 Å². The maximum absolute atomic E-state index is 13.7. The van der Waals surface area contributed by atoms with E-state index in [0.29, 0.717) is 18.4 Å². The number of ether oxygens (including phenoxy) is 1. The lowest BCUT2D eigenvalue weighted by Crippen LogP contribution is -2.18. The molecule has 0 heterocycles. The van der Waals surface area contributed by atoms with Crippen LogP contribution in [0, 0.1) is 11.6 Å². The summed E-state index contributed by atoms with van der Waals surface area (Å²) >= 11 is 0. The van der Waals surface area contributed by atoms with E-state index in [9.17, 15) is 8.78 Å². The van der Waals surface area contributed by atoms with Gasteiger partial charge in [-0.15, -0.1) is 0 Å². The average Bonchev–Trinajstić information content (AvgIpc) is 2.26. The minimum absolute atomic E-state index is 0.122. The zero-order chi connectivity index (χ0) is 13.7. The summed E-state index contributed by atoms with van der Waals surface area (Å²) in [5.74, 6) is -1.75. The molecule has 0 saturated carbocycles. The van der Waals surface area contributed by atoms with Crippen LogP contribution in [0.25, 0.3) is 0 Å². The predicted octanol–water partition coefficient (Wildman–Crippen LogP) is 3.20. The molecule has 0 aromatic heterocycles. The zero-order valence-electron chi connectivity index (χ0n) is 10.8. The Morgan fingerprint density at radius 2 is 1.94 bits per heavy atom. The summed E-state index contributed by atoms with van der Waals surface area (Å²) in [6.45, 7) is 7.53. The molecule has 18 heavy (non-hydrogen) atoms. The fraction of sp³-hybridized carbons (Fsp3) is 0.429. The van der Waals surface area contributed by atoms with Gasteiger partial charge in [-0.2, -0.15) is 0 Å². The number of rotatable bonds is 6. The summed E-state index contributed by atoms with van der Waals surface area (Å²) < 4.78 is 32.5. The van der Waals surface area contributed by atoms with Crippen LogP contribution in [0.4, 0.5) is 8.78 Å². The summed E-state index contributed by atoms with van der Waals surface area (Å²) in [5, 5.41) is 0. The first-order chi connectivity index (χ1) is 8.43. The van der Waals surface area contributed by atoms with Crippen molar-refractivity contribution in [1.29, 1.82) is 0 Å². The minimum atomic E-state index is -0.699. The Balaban J connectivity index is 2.84. The first-order valence-electron chi connectivity index (χ1n) is 5.97. The van der Waals surface area contributed by atoms with Crippen molar-refractivity contribution in [1.82, 2.24) is 0 Å². The highest BCUT2D eigenvalue weighted by Gasteiger charge is 2.13. The lowest BCUT2D eigenvalue weighted by atomic mass is 10.1. The van der Waals surface area contributed by atoms with Gasteiger partial charge in [-0.05, 0) is 43.0 Å². The highest BCUT2D eigenvalue weighted by molar-refractivity contribution is 5.32. The molecule has 0 amide bonds. The molecule has 0 aliphatic heterocycles. The smallest absolute Gasteiger partial charge is 0.191 e. The Morgan fingerprint density at radius 3 is 2.39 bits per heavy atom. The summed E-state index contributed by atoms with van der Waals surface area (Å²) in [4.78, 5) is 0. The zero-order valence-corrected chi connectivity index (χ0v) is 10.8. The first kappa shape index (κ1) is 14.6. The summed E-state index contributed by atoms with van der Waals surface area (Å²) in [6.07, 6.45) is 1.14. The Morgan fingerprint density at radius 1 is 1.39 bits per heavy atom. The molecule has 1 aromatic rings. The second kappa shape index (κ2) is 6.50. The molecule has 4 heteroatoms. The second-order valence-electron chi connectivity index (χ2n) is 4.46. The van der Waals surface area contributed by atoms with E-state index in [2.05, 4.69) is 6.58 Å². The van der Waals surface area contributed by atoms with Gasteiger partial charge < -0.3 is 10.5 Å². The molecule has 0 spiro atoms. The third-order valence-corrected chi connectivity index (χ3v) is 2.54. The van der Waals surface area contributed by atoms with Crippen LogP contribution in [0.15, 0.2) is 24.3 Å². The van der Waals surface area contributed by atoms with E-state index in [0.717, 1.165) is 5.57 Å². The first-order valence-corrected chi connectivity index (χ1v) is 5.97. The molecule has 1 unspecified atom stereocenters. The molecular formula is C14H19F2NO. The Hall–Kier alpha value is -1.42. The van der Waals surface area contributed by atoms with Crippen molar-refractivity contribution in [3.63, 3.8) is 0 Å². The standard InChI is InChI=1S/C14H19F2NO/c1-4-9(2)8-18-14-12(15)6-11(5-10(3)17)7-13(14)16/h6-7,10H,2,4-5,8,17H2,1,3H3. The average molecular weight is 255 g/mol. The van der Waals surface area contributed by atoms with Gasteiger partial charge in [-0.3, -0.25) is 0 Å². The molecule has 1 rings (SSSR count). The highest BCUT2D eigenvalue weighted by atomic mass is 19.1. The van der Waals surface area contributed by atoms with Crippen LogP contribution < -0.4 is 10.5 Å². The van der Waals surface area contributed by atoms with Crippen LogP contribution >= 0.6 is 0 Å². The van der Waals surface area contributed by atoms with Crippen molar-refractivity contribution >= 4 is 0 Å². The molecule has 0 aliphatic rings. The Kier molecular flexibility index (Phi) is 5.28. The van der Waals surface area contributed by atoms with Gasteiger partial charge in [0.15, 0.2) is 17.4 Å². The van der Waals surface area contributed by atoms with Crippen LogP contribution in [0.2, 0.25) is 0 Å². The maximum Gasteiger partial charge on any atom is 0.191 e. The van der Waals surface area contributed by atoms with E-state index in [1.54, 1.807) is 6.92 Å². The van der Waals surface area contributed by atoms with Crippen molar-refractivity contribution in [3.05, 3.63) is 41.5 Å². The highest BCUT2D eigenvalue weighted by Crippen LogP contribution is 2.24. The fourth-order valence-electron chi connectivity index (χ4n) is 1.52. The summed E-state index contributed by atoms with van der Waals surface area (Å²) in [7, 11) is 0.